The first-order valence-electron chi connectivity index (χ1n) is 2.26. The number of nitrogens with zero attached hydrogens (tertiary/aromatic N) is 1. The van der Waals surface area contributed by atoms with Gasteiger partial charge in [-0.05, 0) is 0 Å². The van der Waals surface area contributed by atoms with Gasteiger partial charge in [0.05, 0.1) is 19.4 Å². The molecular weight excluding hydrogens is 106 g/mol. The van der Waals surface area contributed by atoms with Gasteiger partial charge in [0.2, 0.25) is 0 Å². The van der Waals surface area contributed by atoms with E-state index in [4.69, 9.17) is 9.94 Å². The molecule has 0 radical (unpaired) electrons. The van der Waals surface area contributed by atoms with Crippen LogP contribution in [0, 0.1) is 0 Å². The quantitative estimate of drug-likeness (QED) is 0.192. The van der Waals surface area contributed by atoms with Crippen molar-refractivity contribution >= 4 is 6.21 Å². The van der Waals surface area contributed by atoms with E-state index in [1.807, 2.05) is 0 Å². The van der Waals surface area contributed by atoms with Crippen LogP contribution in [0.5, 0.6) is 0 Å². The second-order valence-electron chi connectivity index (χ2n) is 1.12. The molecule has 1 N–H and O–H groups in total. The third-order valence-corrected chi connectivity index (χ3v) is 0.510. The summed E-state index contributed by atoms with van der Waals surface area (Å²) in [5.74, 6) is 0. The van der Waals surface area contributed by atoms with Gasteiger partial charge in [-0.15, -0.1) is 6.58 Å². The van der Waals surface area contributed by atoms with Crippen LogP contribution in [0.15, 0.2) is 17.8 Å². The highest BCUT2D eigenvalue weighted by atomic mass is 16.5. The SMILES string of the molecule is C=CCOCC=NO. The Morgan fingerprint density at radius 1 is 1.62 bits per heavy atom. The molecule has 0 atom stereocenters. The highest BCUT2D eigenvalue weighted by Gasteiger charge is 1.74. The highest BCUT2D eigenvalue weighted by molar-refractivity contribution is 5.57. The van der Waals surface area contributed by atoms with Crippen LogP contribution in [0.25, 0.3) is 0 Å². The van der Waals surface area contributed by atoms with Gasteiger partial charge < -0.3 is 9.94 Å². The standard InChI is InChI=1S/C5H9NO2/c1-2-4-8-5-3-6-7/h2-3,7H,1,4-5H2. The Kier molecular flexibility index (Phi) is 5.53. The van der Waals surface area contributed by atoms with Crippen molar-refractivity contribution in [1.29, 1.82) is 0 Å². The van der Waals surface area contributed by atoms with E-state index >= 15 is 0 Å². The number of oxime groups is 1. The molecule has 0 aliphatic carbocycles. The summed E-state index contributed by atoms with van der Waals surface area (Å²) < 4.78 is 4.80. The van der Waals surface area contributed by atoms with Gasteiger partial charge in [-0.3, -0.25) is 0 Å². The normalized spacial score (nSPS) is 10.0. The van der Waals surface area contributed by atoms with Crippen LogP contribution in [0.1, 0.15) is 0 Å². The fourth-order valence-corrected chi connectivity index (χ4v) is 0.237. The van der Waals surface area contributed by atoms with Crippen molar-refractivity contribution in [2.75, 3.05) is 13.2 Å². The molecule has 0 aliphatic heterocycles. The molecule has 0 unspecified atom stereocenters. The van der Waals surface area contributed by atoms with E-state index in [9.17, 15) is 0 Å². The molecule has 8 heavy (non-hydrogen) atoms. The van der Waals surface area contributed by atoms with Crippen LogP contribution < -0.4 is 0 Å². The molecule has 0 saturated carbocycles. The molecule has 3 nitrogen and oxygen atoms in total. The number of hydrogen-bond donors (Lipinski definition) is 1. The Labute approximate surface area is 48.3 Å². The van der Waals surface area contributed by atoms with Gasteiger partial charge in [-0.1, -0.05) is 11.2 Å². The molecular formula is C5H9NO2. The molecule has 0 spiro atoms. The first kappa shape index (κ1) is 7.17. The summed E-state index contributed by atoms with van der Waals surface area (Å²) in [5.41, 5.74) is 0. The Hall–Kier alpha value is -0.830. The van der Waals surface area contributed by atoms with Crippen molar-refractivity contribution in [1.82, 2.24) is 0 Å². The molecule has 0 heterocycles. The van der Waals surface area contributed by atoms with Crippen molar-refractivity contribution in [2.24, 2.45) is 5.16 Å². The van der Waals surface area contributed by atoms with Gasteiger partial charge in [-0.25, -0.2) is 0 Å². The lowest BCUT2D eigenvalue weighted by molar-refractivity contribution is 0.203. The maximum absolute atomic E-state index is 7.83. The number of rotatable bonds is 4. The molecule has 0 saturated heterocycles. The predicted molar refractivity (Wildman–Crippen MR) is 31.3 cm³/mol. The van der Waals surface area contributed by atoms with Crippen molar-refractivity contribution < 1.29 is 9.94 Å². The van der Waals surface area contributed by atoms with E-state index < -0.39 is 0 Å². The third-order valence-electron chi connectivity index (χ3n) is 0.510. The van der Waals surface area contributed by atoms with Gasteiger partial charge in [-0.2, -0.15) is 0 Å². The van der Waals surface area contributed by atoms with E-state index in [2.05, 4.69) is 11.7 Å². The lowest BCUT2D eigenvalue weighted by atomic mass is 10.7. The van der Waals surface area contributed by atoms with Crippen molar-refractivity contribution in [3.63, 3.8) is 0 Å². The van der Waals surface area contributed by atoms with Crippen molar-refractivity contribution in [3.05, 3.63) is 12.7 Å². The first-order valence-corrected chi connectivity index (χ1v) is 2.26. The molecule has 46 valence electrons. The number of hydrogen-bond acceptors (Lipinski definition) is 3. The zero-order chi connectivity index (χ0) is 6.24. The van der Waals surface area contributed by atoms with E-state index in [-0.39, 0.29) is 0 Å². The van der Waals surface area contributed by atoms with E-state index in [1.165, 1.54) is 6.21 Å². The fourth-order valence-electron chi connectivity index (χ4n) is 0.237. The van der Waals surface area contributed by atoms with E-state index in [0.717, 1.165) is 0 Å². The largest absolute Gasteiger partial charge is 0.411 e. The smallest absolute Gasteiger partial charge is 0.0856 e. The van der Waals surface area contributed by atoms with Gasteiger partial charge in [0.25, 0.3) is 0 Å². The minimum Gasteiger partial charge on any atom is -0.411 e. The molecule has 0 aliphatic rings. The number of ether oxygens (including phenoxy) is 1. The summed E-state index contributed by atoms with van der Waals surface area (Å²) >= 11 is 0. The Bertz CT molecular complexity index is 80.5. The van der Waals surface area contributed by atoms with Gasteiger partial charge in [0, 0.05) is 0 Å². The van der Waals surface area contributed by atoms with E-state index in [1.54, 1.807) is 6.08 Å². The van der Waals surface area contributed by atoms with Gasteiger partial charge in [0.1, 0.15) is 0 Å². The monoisotopic (exact) mass is 115 g/mol. The summed E-state index contributed by atoms with van der Waals surface area (Å²) in [6.07, 6.45) is 2.90. The molecule has 0 aromatic rings. The maximum atomic E-state index is 7.83. The molecule has 0 amide bonds. The topological polar surface area (TPSA) is 41.8 Å². The molecule has 0 aromatic carbocycles. The Morgan fingerprint density at radius 2 is 2.38 bits per heavy atom. The first-order chi connectivity index (χ1) is 3.91. The second-order valence-corrected chi connectivity index (χ2v) is 1.12. The zero-order valence-electron chi connectivity index (χ0n) is 4.58. The predicted octanol–water partition coefficient (Wildman–Crippen LogP) is 0.649. The average Bonchev–Trinajstić information content (AvgIpc) is 1.81. The maximum Gasteiger partial charge on any atom is 0.0856 e. The van der Waals surface area contributed by atoms with Crippen LogP contribution in [-0.2, 0) is 4.74 Å². The van der Waals surface area contributed by atoms with Crippen LogP contribution in [0.2, 0.25) is 0 Å². The zero-order valence-corrected chi connectivity index (χ0v) is 4.58. The molecule has 3 heteroatoms. The Balaban J connectivity index is 2.82. The van der Waals surface area contributed by atoms with Gasteiger partial charge in [0.15, 0.2) is 0 Å². The third kappa shape index (κ3) is 5.17. The minimum atomic E-state index is 0.336. The summed E-state index contributed by atoms with van der Waals surface area (Å²) in [5, 5.41) is 10.6. The second kappa shape index (κ2) is 6.17. The average molecular weight is 115 g/mol. The summed E-state index contributed by atoms with van der Waals surface area (Å²) in [6, 6.07) is 0. The Morgan fingerprint density at radius 3 is 2.88 bits per heavy atom. The fraction of sp³-hybridized carbons (Fsp3) is 0.400. The van der Waals surface area contributed by atoms with Crippen molar-refractivity contribution in [2.45, 2.75) is 0 Å². The summed E-state index contributed by atoms with van der Waals surface area (Å²) in [7, 11) is 0. The van der Waals surface area contributed by atoms with Crippen molar-refractivity contribution in [3.8, 4) is 0 Å². The summed E-state index contributed by atoms with van der Waals surface area (Å²) in [6.45, 7) is 4.25. The summed E-state index contributed by atoms with van der Waals surface area (Å²) in [4.78, 5) is 0. The van der Waals surface area contributed by atoms with Crippen LogP contribution in [0.4, 0.5) is 0 Å². The molecule has 0 fully saturated rings. The lowest BCUT2D eigenvalue weighted by Gasteiger charge is -1.89. The van der Waals surface area contributed by atoms with Crippen LogP contribution >= 0.6 is 0 Å². The van der Waals surface area contributed by atoms with Gasteiger partial charge >= 0.3 is 0 Å². The molecule has 0 rings (SSSR count). The van der Waals surface area contributed by atoms with Crippen LogP contribution in [0.3, 0.4) is 0 Å². The van der Waals surface area contributed by atoms with Crippen LogP contribution in [-0.4, -0.2) is 24.6 Å². The van der Waals surface area contributed by atoms with E-state index in [0.29, 0.717) is 13.2 Å². The minimum absolute atomic E-state index is 0.336. The molecule has 0 bridgehead atoms. The molecule has 0 aromatic heterocycles. The lowest BCUT2D eigenvalue weighted by Crippen LogP contribution is -1.93. The highest BCUT2D eigenvalue weighted by Crippen LogP contribution is 1.69.